The minimum absolute atomic E-state index is 0.0141. The maximum atomic E-state index is 12.4. The minimum Gasteiger partial charge on any atom is -0.481 e. The van der Waals surface area contributed by atoms with E-state index >= 15 is 0 Å². The van der Waals surface area contributed by atoms with Gasteiger partial charge in [-0.2, -0.15) is 0 Å². The Morgan fingerprint density at radius 3 is 2.76 bits per heavy atom. The predicted molar refractivity (Wildman–Crippen MR) is 92.5 cm³/mol. The standard InChI is InChI=1S/C18H22N4O3/c1-24-17-6-5-14(12-20-17)18(23)21-13-16(15-4-2-3-7-19-15)22-8-10-25-11-9-22/h2-7,12,16H,8-11,13H2,1H3,(H,21,23). The van der Waals surface area contributed by atoms with Crippen LogP contribution in [0.3, 0.4) is 0 Å². The Morgan fingerprint density at radius 2 is 2.12 bits per heavy atom. The zero-order chi connectivity index (χ0) is 17.5. The van der Waals surface area contributed by atoms with Crippen LogP contribution in [0.5, 0.6) is 5.88 Å². The van der Waals surface area contributed by atoms with Gasteiger partial charge in [0.05, 0.1) is 37.6 Å². The first-order valence-electron chi connectivity index (χ1n) is 8.29. The van der Waals surface area contributed by atoms with Crippen LogP contribution in [-0.2, 0) is 4.74 Å². The Morgan fingerprint density at radius 1 is 1.28 bits per heavy atom. The summed E-state index contributed by atoms with van der Waals surface area (Å²) in [6, 6.07) is 9.23. The number of ether oxygens (including phenoxy) is 2. The fourth-order valence-electron chi connectivity index (χ4n) is 2.81. The quantitative estimate of drug-likeness (QED) is 0.852. The third kappa shape index (κ3) is 4.52. The van der Waals surface area contributed by atoms with E-state index in [1.54, 1.807) is 25.4 Å². The van der Waals surface area contributed by atoms with E-state index in [1.165, 1.54) is 6.20 Å². The second kappa shape index (κ2) is 8.55. The van der Waals surface area contributed by atoms with Gasteiger partial charge in [0, 0.05) is 38.1 Å². The van der Waals surface area contributed by atoms with Crippen molar-refractivity contribution in [3.05, 3.63) is 54.0 Å². The first kappa shape index (κ1) is 17.3. The summed E-state index contributed by atoms with van der Waals surface area (Å²) in [6.45, 7) is 3.50. The van der Waals surface area contributed by atoms with Gasteiger partial charge in [0.25, 0.3) is 5.91 Å². The normalized spacial score (nSPS) is 16.2. The molecule has 1 fully saturated rings. The van der Waals surface area contributed by atoms with Crippen molar-refractivity contribution in [1.82, 2.24) is 20.2 Å². The number of aromatic nitrogens is 2. The number of carbonyl (C=O) groups is 1. The first-order valence-corrected chi connectivity index (χ1v) is 8.29. The minimum atomic E-state index is -0.163. The van der Waals surface area contributed by atoms with Crippen molar-refractivity contribution in [3.8, 4) is 5.88 Å². The number of carbonyl (C=O) groups excluding carboxylic acids is 1. The van der Waals surface area contributed by atoms with E-state index < -0.39 is 0 Å². The molecule has 7 heteroatoms. The molecule has 1 amide bonds. The molecule has 7 nitrogen and oxygen atoms in total. The highest BCUT2D eigenvalue weighted by Gasteiger charge is 2.24. The lowest BCUT2D eigenvalue weighted by atomic mass is 10.1. The summed E-state index contributed by atoms with van der Waals surface area (Å²) >= 11 is 0. The Labute approximate surface area is 147 Å². The molecule has 1 saturated heterocycles. The number of nitrogens with zero attached hydrogens (tertiary/aromatic N) is 3. The Bertz CT molecular complexity index is 672. The number of methoxy groups -OCH3 is 1. The molecule has 132 valence electrons. The van der Waals surface area contributed by atoms with Crippen molar-refractivity contribution >= 4 is 5.91 Å². The summed E-state index contributed by atoms with van der Waals surface area (Å²) < 4.78 is 10.4. The molecule has 25 heavy (non-hydrogen) atoms. The lowest BCUT2D eigenvalue weighted by Gasteiger charge is -2.34. The average molecular weight is 342 g/mol. The van der Waals surface area contributed by atoms with Gasteiger partial charge in [-0.1, -0.05) is 6.07 Å². The lowest BCUT2D eigenvalue weighted by molar-refractivity contribution is 0.0154. The summed E-state index contributed by atoms with van der Waals surface area (Å²) in [5, 5.41) is 2.99. The summed E-state index contributed by atoms with van der Waals surface area (Å²) in [4.78, 5) is 23.2. The molecule has 1 aliphatic rings. The molecule has 3 heterocycles. The molecule has 0 bridgehead atoms. The van der Waals surface area contributed by atoms with Gasteiger partial charge >= 0.3 is 0 Å². The van der Waals surface area contributed by atoms with Crippen molar-refractivity contribution in [2.75, 3.05) is 40.0 Å². The third-order valence-electron chi connectivity index (χ3n) is 4.18. The van der Waals surface area contributed by atoms with Gasteiger partial charge in [-0.3, -0.25) is 14.7 Å². The van der Waals surface area contributed by atoms with Gasteiger partial charge in [0.1, 0.15) is 0 Å². The molecule has 2 aromatic rings. The molecule has 2 aromatic heterocycles. The predicted octanol–water partition coefficient (Wildman–Crippen LogP) is 1.29. The van der Waals surface area contributed by atoms with Gasteiger partial charge in [-0.25, -0.2) is 4.98 Å². The highest BCUT2D eigenvalue weighted by atomic mass is 16.5. The van der Waals surface area contributed by atoms with E-state index in [1.807, 2.05) is 18.2 Å². The topological polar surface area (TPSA) is 76.6 Å². The van der Waals surface area contributed by atoms with Gasteiger partial charge in [-0.05, 0) is 18.2 Å². The highest BCUT2D eigenvalue weighted by Crippen LogP contribution is 2.19. The molecule has 0 radical (unpaired) electrons. The molecule has 0 saturated carbocycles. The number of pyridine rings is 2. The number of nitrogens with one attached hydrogen (secondary N) is 1. The molecule has 1 N–H and O–H groups in total. The van der Waals surface area contributed by atoms with E-state index in [-0.39, 0.29) is 11.9 Å². The SMILES string of the molecule is COc1ccc(C(=O)NCC(c2ccccn2)N2CCOCC2)cn1. The van der Waals surface area contributed by atoms with Crippen LogP contribution in [0.2, 0.25) is 0 Å². The van der Waals surface area contributed by atoms with E-state index in [0.717, 1.165) is 18.8 Å². The molecule has 1 aliphatic heterocycles. The van der Waals surface area contributed by atoms with E-state index in [9.17, 15) is 4.79 Å². The van der Waals surface area contributed by atoms with Gasteiger partial charge in [0.15, 0.2) is 0 Å². The molecule has 3 rings (SSSR count). The molecule has 1 unspecified atom stereocenters. The van der Waals surface area contributed by atoms with E-state index in [4.69, 9.17) is 9.47 Å². The smallest absolute Gasteiger partial charge is 0.252 e. The Hall–Kier alpha value is -2.51. The maximum Gasteiger partial charge on any atom is 0.252 e. The Balaban J connectivity index is 1.68. The van der Waals surface area contributed by atoms with Crippen LogP contribution in [0.4, 0.5) is 0 Å². The maximum absolute atomic E-state index is 12.4. The van der Waals surface area contributed by atoms with Gasteiger partial charge in [-0.15, -0.1) is 0 Å². The largest absolute Gasteiger partial charge is 0.481 e. The van der Waals surface area contributed by atoms with Crippen LogP contribution < -0.4 is 10.1 Å². The Kier molecular flexibility index (Phi) is 5.92. The van der Waals surface area contributed by atoms with Gasteiger partial charge < -0.3 is 14.8 Å². The van der Waals surface area contributed by atoms with Crippen LogP contribution in [0, 0.1) is 0 Å². The molecule has 0 spiro atoms. The van der Waals surface area contributed by atoms with Crippen LogP contribution in [0.15, 0.2) is 42.7 Å². The van der Waals surface area contributed by atoms with Crippen LogP contribution >= 0.6 is 0 Å². The number of rotatable bonds is 6. The second-order valence-electron chi connectivity index (χ2n) is 5.72. The molecular weight excluding hydrogens is 320 g/mol. The molecular formula is C18H22N4O3. The third-order valence-corrected chi connectivity index (χ3v) is 4.18. The van der Waals surface area contributed by atoms with Crippen LogP contribution in [0.25, 0.3) is 0 Å². The van der Waals surface area contributed by atoms with Gasteiger partial charge in [0.2, 0.25) is 5.88 Å². The molecule has 0 aliphatic carbocycles. The fraction of sp³-hybridized carbons (Fsp3) is 0.389. The van der Waals surface area contributed by atoms with Crippen LogP contribution in [-0.4, -0.2) is 60.7 Å². The zero-order valence-corrected chi connectivity index (χ0v) is 14.2. The number of hydrogen-bond donors (Lipinski definition) is 1. The van der Waals surface area contributed by atoms with Crippen LogP contribution in [0.1, 0.15) is 22.1 Å². The first-order chi connectivity index (χ1) is 12.3. The monoisotopic (exact) mass is 342 g/mol. The van der Waals surface area contributed by atoms with E-state index in [0.29, 0.717) is 31.2 Å². The number of hydrogen-bond acceptors (Lipinski definition) is 6. The van der Waals surface area contributed by atoms with Crippen molar-refractivity contribution in [2.24, 2.45) is 0 Å². The average Bonchev–Trinajstić information content (AvgIpc) is 2.70. The summed E-state index contributed by atoms with van der Waals surface area (Å²) in [5.74, 6) is 0.320. The number of morpholine rings is 1. The zero-order valence-electron chi connectivity index (χ0n) is 14.2. The fourth-order valence-corrected chi connectivity index (χ4v) is 2.81. The highest BCUT2D eigenvalue weighted by molar-refractivity contribution is 5.93. The van der Waals surface area contributed by atoms with Crippen molar-refractivity contribution < 1.29 is 14.3 Å². The summed E-state index contributed by atoms with van der Waals surface area (Å²) in [7, 11) is 1.54. The molecule has 0 aromatic carbocycles. The van der Waals surface area contributed by atoms with Crippen molar-refractivity contribution in [1.29, 1.82) is 0 Å². The number of amides is 1. The van der Waals surface area contributed by atoms with Crippen molar-refractivity contribution in [2.45, 2.75) is 6.04 Å². The van der Waals surface area contributed by atoms with E-state index in [2.05, 4.69) is 20.2 Å². The second-order valence-corrected chi connectivity index (χ2v) is 5.72. The van der Waals surface area contributed by atoms with Crippen molar-refractivity contribution in [3.63, 3.8) is 0 Å². The lowest BCUT2D eigenvalue weighted by Crippen LogP contribution is -2.44. The summed E-state index contributed by atoms with van der Waals surface area (Å²) in [5.41, 5.74) is 1.44. The summed E-state index contributed by atoms with van der Waals surface area (Å²) in [6.07, 6.45) is 3.29. The molecule has 1 atom stereocenters.